The van der Waals surface area contributed by atoms with Crippen LogP contribution in [-0.4, -0.2) is 123 Å². The molecule has 4 rings (SSSR count). The highest BCUT2D eigenvalue weighted by molar-refractivity contribution is 8.14. The summed E-state index contributed by atoms with van der Waals surface area (Å²) in [7, 11) is -16.4. The summed E-state index contributed by atoms with van der Waals surface area (Å²) in [6, 6.07) is 8.58. The molecule has 1 aliphatic heterocycles. The van der Waals surface area contributed by atoms with Crippen LogP contribution < -0.4 is 16.4 Å². The van der Waals surface area contributed by atoms with E-state index in [-0.39, 0.29) is 41.6 Å². The number of ether oxygens (including phenoxy) is 1. The Morgan fingerprint density at radius 2 is 1.70 bits per heavy atom. The first-order chi connectivity index (χ1) is 26.1. The van der Waals surface area contributed by atoms with Crippen molar-refractivity contribution in [2.45, 2.75) is 50.9 Å². The summed E-state index contributed by atoms with van der Waals surface area (Å²) in [4.78, 5) is 87.7. The van der Waals surface area contributed by atoms with Crippen molar-refractivity contribution in [2.24, 2.45) is 5.41 Å². The number of carbonyl (C=O) groups is 3. The van der Waals surface area contributed by atoms with Gasteiger partial charge in [-0.25, -0.2) is 28.6 Å². The maximum Gasteiger partial charge on any atom is 0.481 e. The molecule has 1 aromatic carbocycles. The molecule has 3 heterocycles. The SMILES string of the molecule is CC(C)(COP(=O)(O)OP(=O)(O)OC[C@@H]1O[C@H](n2cnc3c(N)ncnc32)[C@H](O)[C@H]1OP(=O)(O)O)[C@@H](O)C(=O)NCCC(=O)NCCSC(=O)c1ccccc1. The quantitative estimate of drug-likeness (QED) is 0.0532. The number of nitrogens with two attached hydrogens (primary N) is 1. The third kappa shape index (κ3) is 12.9. The lowest BCUT2D eigenvalue weighted by atomic mass is 9.87. The minimum Gasteiger partial charge on any atom is -0.386 e. The van der Waals surface area contributed by atoms with Gasteiger partial charge < -0.3 is 50.9 Å². The predicted molar refractivity (Wildman–Crippen MR) is 193 cm³/mol. The van der Waals surface area contributed by atoms with Crippen LogP contribution in [0.2, 0.25) is 0 Å². The summed E-state index contributed by atoms with van der Waals surface area (Å²) in [5.74, 6) is -1.17. The number of anilines is 1. The topological polar surface area (TPSA) is 364 Å². The van der Waals surface area contributed by atoms with Gasteiger partial charge >= 0.3 is 23.5 Å². The number of phosphoric ester groups is 3. The Bertz CT molecular complexity index is 2000. The standard InChI is InChI=1S/C28H40N7O17P3S/c1-28(2,22(38)25(39)31-9-8-18(36)30-10-11-56-27(40)16-6-4-3-5-7-16)13-49-55(46,47)52-54(44,45)48-12-17-21(51-53(41,42)43)20(37)26(50-17)35-15-34-19-23(29)32-14-33-24(19)35/h3-7,14-15,17,20-22,26,37-38H,8-13H2,1-2H3,(H,30,36)(H,31,39)(H,44,45)(H,46,47)(H2,29,32,33)(H2,41,42,43)/t17-,20+,21-,22-,26-/m0/s1. The van der Waals surface area contributed by atoms with Gasteiger partial charge in [-0.3, -0.25) is 32.5 Å². The zero-order valence-corrected chi connectivity index (χ0v) is 33.0. The van der Waals surface area contributed by atoms with E-state index >= 15 is 0 Å². The van der Waals surface area contributed by atoms with Crippen molar-refractivity contribution in [1.82, 2.24) is 30.2 Å². The van der Waals surface area contributed by atoms with Gasteiger partial charge in [0.2, 0.25) is 16.9 Å². The highest BCUT2D eigenvalue weighted by atomic mass is 32.2. The second kappa shape index (κ2) is 19.0. The zero-order chi connectivity index (χ0) is 41.5. The lowest BCUT2D eigenvalue weighted by Gasteiger charge is -2.30. The molecule has 0 saturated carbocycles. The van der Waals surface area contributed by atoms with E-state index in [1.807, 2.05) is 0 Å². The average Bonchev–Trinajstić information content (AvgIpc) is 3.68. The monoisotopic (exact) mass is 871 g/mol. The zero-order valence-electron chi connectivity index (χ0n) is 29.5. The Morgan fingerprint density at radius 1 is 1.02 bits per heavy atom. The fourth-order valence-electron chi connectivity index (χ4n) is 4.93. The van der Waals surface area contributed by atoms with Crippen LogP contribution in [0.5, 0.6) is 0 Å². The number of aromatic nitrogens is 4. The van der Waals surface area contributed by atoms with Gasteiger partial charge in [0.05, 0.1) is 19.5 Å². The van der Waals surface area contributed by atoms with Crippen molar-refractivity contribution >= 4 is 69.1 Å². The molecule has 1 fully saturated rings. The largest absolute Gasteiger partial charge is 0.481 e. The van der Waals surface area contributed by atoms with E-state index < -0.39 is 84.6 Å². The van der Waals surface area contributed by atoms with E-state index in [4.69, 9.17) is 19.5 Å². The van der Waals surface area contributed by atoms with Crippen LogP contribution in [-0.2, 0) is 45.9 Å². The Hall–Kier alpha value is -3.22. The summed E-state index contributed by atoms with van der Waals surface area (Å²) in [5, 5.41) is 26.2. The number of phosphoric acid groups is 3. The number of thioether (sulfide) groups is 1. The van der Waals surface area contributed by atoms with E-state index in [0.717, 1.165) is 29.0 Å². The number of benzene rings is 1. The lowest BCUT2D eigenvalue weighted by molar-refractivity contribution is -0.137. The number of fused-ring (bicyclic) bond motifs is 1. The number of nitrogens with one attached hydrogen (secondary N) is 2. The van der Waals surface area contributed by atoms with Gasteiger partial charge in [0.25, 0.3) is 0 Å². The fraction of sp³-hybridized carbons (Fsp3) is 0.500. The average molecular weight is 872 g/mol. The minimum atomic E-state index is -5.57. The summed E-state index contributed by atoms with van der Waals surface area (Å²) in [6.07, 6.45) is -6.94. The Morgan fingerprint density at radius 3 is 2.38 bits per heavy atom. The molecule has 1 aliphatic rings. The van der Waals surface area contributed by atoms with Crippen LogP contribution in [0.1, 0.15) is 36.9 Å². The summed E-state index contributed by atoms with van der Waals surface area (Å²) in [5.41, 5.74) is 4.78. The second-order valence-electron chi connectivity index (χ2n) is 12.6. The molecule has 28 heteroatoms. The first kappa shape index (κ1) is 45.5. The highest BCUT2D eigenvalue weighted by Crippen LogP contribution is 2.61. The van der Waals surface area contributed by atoms with Gasteiger partial charge in [0, 0.05) is 36.2 Å². The number of hydrogen-bond acceptors (Lipinski definition) is 18. The molecule has 0 aliphatic carbocycles. The first-order valence-corrected chi connectivity index (χ1v) is 21.7. The predicted octanol–water partition coefficient (Wildman–Crippen LogP) is -0.0215. The number of hydrogen-bond donors (Lipinski definition) is 9. The van der Waals surface area contributed by atoms with Crippen LogP contribution in [0.4, 0.5) is 5.82 Å². The second-order valence-corrected chi connectivity index (χ2v) is 17.9. The molecule has 3 aromatic rings. The molecule has 0 bridgehead atoms. The third-order valence-corrected chi connectivity index (χ3v) is 11.8. The molecule has 24 nitrogen and oxygen atoms in total. The molecule has 7 atom stereocenters. The van der Waals surface area contributed by atoms with E-state index in [1.165, 1.54) is 13.8 Å². The van der Waals surface area contributed by atoms with E-state index in [9.17, 15) is 57.9 Å². The van der Waals surface area contributed by atoms with Crippen molar-refractivity contribution in [3.63, 3.8) is 0 Å². The van der Waals surface area contributed by atoms with Crippen LogP contribution in [0.25, 0.3) is 11.2 Å². The highest BCUT2D eigenvalue weighted by Gasteiger charge is 2.50. The van der Waals surface area contributed by atoms with Crippen molar-refractivity contribution in [1.29, 1.82) is 0 Å². The van der Waals surface area contributed by atoms with E-state index in [2.05, 4.69) is 34.4 Å². The summed E-state index contributed by atoms with van der Waals surface area (Å²) in [6.45, 7) is 0.448. The number of nitrogens with zero attached hydrogens (tertiary/aromatic N) is 4. The van der Waals surface area contributed by atoms with E-state index in [0.29, 0.717) is 11.3 Å². The smallest absolute Gasteiger partial charge is 0.386 e. The van der Waals surface area contributed by atoms with Crippen molar-refractivity contribution in [3.8, 4) is 0 Å². The molecule has 1 saturated heterocycles. The summed E-state index contributed by atoms with van der Waals surface area (Å²) < 4.78 is 62.1. The van der Waals surface area contributed by atoms with Crippen LogP contribution >= 0.6 is 35.2 Å². The molecule has 310 valence electrons. The molecule has 2 unspecified atom stereocenters. The fourth-order valence-corrected chi connectivity index (χ4v) is 8.45. The first-order valence-electron chi connectivity index (χ1n) is 16.2. The minimum absolute atomic E-state index is 0.0292. The Kier molecular flexibility index (Phi) is 15.4. The molecular formula is C28H40N7O17P3S. The van der Waals surface area contributed by atoms with Crippen LogP contribution in [0.3, 0.4) is 0 Å². The number of imidazole rings is 1. The van der Waals surface area contributed by atoms with Crippen LogP contribution in [0.15, 0.2) is 43.0 Å². The maximum absolute atomic E-state index is 12.7. The molecule has 2 amide bonds. The van der Waals surface area contributed by atoms with Gasteiger partial charge in [-0.2, -0.15) is 4.31 Å². The molecule has 0 spiro atoms. The van der Waals surface area contributed by atoms with Crippen molar-refractivity contribution in [2.75, 3.05) is 37.8 Å². The number of carbonyl (C=O) groups excluding carboxylic acids is 3. The van der Waals surface area contributed by atoms with Gasteiger partial charge in [-0.1, -0.05) is 55.9 Å². The van der Waals surface area contributed by atoms with E-state index in [1.54, 1.807) is 30.3 Å². The van der Waals surface area contributed by atoms with Gasteiger partial charge in [0.1, 0.15) is 36.3 Å². The Labute approximate surface area is 321 Å². The number of rotatable bonds is 20. The molecule has 56 heavy (non-hydrogen) atoms. The lowest BCUT2D eigenvalue weighted by Crippen LogP contribution is -2.46. The number of aliphatic hydroxyl groups excluding tert-OH is 2. The molecule has 10 N–H and O–H groups in total. The third-order valence-electron chi connectivity index (χ3n) is 7.74. The molecular weight excluding hydrogens is 831 g/mol. The molecule has 0 radical (unpaired) electrons. The van der Waals surface area contributed by atoms with Gasteiger partial charge in [0.15, 0.2) is 17.7 Å². The number of nitrogen functional groups attached to an aromatic ring is 1. The Balaban J connectivity index is 1.23. The maximum atomic E-state index is 12.7. The number of amides is 2. The summed E-state index contributed by atoms with van der Waals surface area (Å²) >= 11 is 1.02. The van der Waals surface area contributed by atoms with Crippen molar-refractivity contribution in [3.05, 3.63) is 48.5 Å². The van der Waals surface area contributed by atoms with Gasteiger partial charge in [-0.05, 0) is 0 Å². The van der Waals surface area contributed by atoms with Gasteiger partial charge in [-0.15, -0.1) is 0 Å². The van der Waals surface area contributed by atoms with Crippen molar-refractivity contribution < 1.29 is 80.5 Å². The normalized spacial score (nSPS) is 21.6. The number of aliphatic hydroxyl groups is 2. The van der Waals surface area contributed by atoms with Crippen LogP contribution in [0, 0.1) is 5.41 Å². The molecule has 2 aromatic heterocycles.